The first kappa shape index (κ1) is 16.7. The molecule has 9 heteroatoms. The quantitative estimate of drug-likeness (QED) is 0.363. The monoisotopic (exact) mass is 342 g/mol. The maximum absolute atomic E-state index is 13.8. The summed E-state index contributed by atoms with van der Waals surface area (Å²) in [5, 5.41) is 0. The Kier molecular flexibility index (Phi) is 4.46. The summed E-state index contributed by atoms with van der Waals surface area (Å²) in [4.78, 5) is 0. The van der Waals surface area contributed by atoms with Gasteiger partial charge in [-0.25, -0.2) is 8.78 Å². The first-order valence-corrected chi connectivity index (χ1v) is 7.65. The zero-order valence-corrected chi connectivity index (χ0v) is 11.8. The van der Waals surface area contributed by atoms with Gasteiger partial charge in [0.15, 0.2) is 11.6 Å². The van der Waals surface area contributed by atoms with Crippen LogP contribution < -0.4 is 4.18 Å². The van der Waals surface area contributed by atoms with Crippen LogP contribution >= 0.6 is 0 Å². The van der Waals surface area contributed by atoms with Crippen LogP contribution in [-0.4, -0.2) is 13.9 Å². The first-order valence-electron chi connectivity index (χ1n) is 6.24. The van der Waals surface area contributed by atoms with E-state index < -0.39 is 38.6 Å². The minimum Gasteiger partial charge on any atom is -0.376 e. The highest BCUT2D eigenvalue weighted by Crippen LogP contribution is 2.34. The molecule has 0 saturated heterocycles. The summed E-state index contributed by atoms with van der Waals surface area (Å²) in [5.74, 6) is -3.67. The van der Waals surface area contributed by atoms with Gasteiger partial charge in [0, 0.05) is 5.56 Å². The maximum atomic E-state index is 13.8. The summed E-state index contributed by atoms with van der Waals surface area (Å²) in [6.45, 7) is 0. The number of benzene rings is 1. The van der Waals surface area contributed by atoms with Gasteiger partial charge >= 0.3 is 15.6 Å². The van der Waals surface area contributed by atoms with Crippen LogP contribution in [0, 0.1) is 17.6 Å². The molecule has 1 aliphatic rings. The van der Waals surface area contributed by atoms with Crippen molar-refractivity contribution in [2.24, 2.45) is 5.92 Å². The predicted molar refractivity (Wildman–Crippen MR) is 67.5 cm³/mol. The van der Waals surface area contributed by atoms with Crippen molar-refractivity contribution in [2.75, 3.05) is 0 Å². The number of allylic oxidation sites excluding steroid dienone is 2. The van der Waals surface area contributed by atoms with Gasteiger partial charge in [0.25, 0.3) is 0 Å². The zero-order valence-electron chi connectivity index (χ0n) is 11.0. The summed E-state index contributed by atoms with van der Waals surface area (Å²) < 4.78 is 90.2. The third-order valence-corrected chi connectivity index (χ3v) is 4.20. The van der Waals surface area contributed by atoms with Crippen LogP contribution in [0.25, 0.3) is 0 Å². The Morgan fingerprint density at radius 3 is 2.27 bits per heavy atom. The van der Waals surface area contributed by atoms with E-state index in [0.29, 0.717) is 25.0 Å². The van der Waals surface area contributed by atoms with Crippen molar-refractivity contribution in [3.8, 4) is 5.75 Å². The lowest BCUT2D eigenvalue weighted by molar-refractivity contribution is -0.0500. The predicted octanol–water partition coefficient (Wildman–Crippen LogP) is 3.70. The minimum atomic E-state index is -5.94. The van der Waals surface area contributed by atoms with Gasteiger partial charge in [-0.2, -0.15) is 21.6 Å². The SMILES string of the molecule is O=S(=O)(Oc1ccc(F)c(F)c1CC1CC=CC1)C(F)(F)F. The van der Waals surface area contributed by atoms with E-state index in [0.717, 1.165) is 0 Å². The highest BCUT2D eigenvalue weighted by molar-refractivity contribution is 7.88. The van der Waals surface area contributed by atoms with Crippen molar-refractivity contribution in [1.82, 2.24) is 0 Å². The normalized spacial score (nSPS) is 16.2. The molecular formula is C13H11F5O3S. The van der Waals surface area contributed by atoms with Gasteiger partial charge in [-0.05, 0) is 37.3 Å². The van der Waals surface area contributed by atoms with Crippen molar-refractivity contribution >= 4 is 10.1 Å². The van der Waals surface area contributed by atoms with Crippen LogP contribution in [0.3, 0.4) is 0 Å². The molecule has 1 aromatic rings. The molecular weight excluding hydrogens is 331 g/mol. The molecule has 0 atom stereocenters. The second-order valence-corrected chi connectivity index (χ2v) is 6.37. The molecule has 22 heavy (non-hydrogen) atoms. The molecule has 0 N–H and O–H groups in total. The van der Waals surface area contributed by atoms with Gasteiger partial charge in [0.05, 0.1) is 0 Å². The standard InChI is InChI=1S/C13H11F5O3S/c14-10-5-6-11(21-22(19,20)13(16,17)18)9(12(10)15)7-8-3-1-2-4-8/h1-2,5-6,8H,3-4,7H2. The molecule has 0 heterocycles. The van der Waals surface area contributed by atoms with Crippen LogP contribution in [0.2, 0.25) is 0 Å². The lowest BCUT2D eigenvalue weighted by atomic mass is 9.96. The van der Waals surface area contributed by atoms with E-state index >= 15 is 0 Å². The Morgan fingerprint density at radius 2 is 1.73 bits per heavy atom. The molecule has 0 amide bonds. The molecule has 2 rings (SSSR count). The molecule has 0 unspecified atom stereocenters. The summed E-state index contributed by atoms with van der Waals surface area (Å²) in [6, 6.07) is 1.20. The lowest BCUT2D eigenvalue weighted by Gasteiger charge is -2.16. The lowest BCUT2D eigenvalue weighted by Crippen LogP contribution is -2.28. The molecule has 0 aromatic heterocycles. The Morgan fingerprint density at radius 1 is 1.14 bits per heavy atom. The van der Waals surface area contributed by atoms with Crippen LogP contribution in [0.15, 0.2) is 24.3 Å². The Labute approximate surface area is 123 Å². The van der Waals surface area contributed by atoms with E-state index in [4.69, 9.17) is 0 Å². The van der Waals surface area contributed by atoms with E-state index in [1.54, 1.807) is 12.2 Å². The fraction of sp³-hybridized carbons (Fsp3) is 0.385. The fourth-order valence-electron chi connectivity index (χ4n) is 2.14. The van der Waals surface area contributed by atoms with Crippen molar-refractivity contribution < 1.29 is 34.6 Å². The van der Waals surface area contributed by atoms with Gasteiger partial charge in [-0.1, -0.05) is 12.2 Å². The van der Waals surface area contributed by atoms with E-state index in [-0.39, 0.29) is 12.3 Å². The van der Waals surface area contributed by atoms with Gasteiger partial charge in [-0.3, -0.25) is 0 Å². The number of rotatable bonds is 4. The second-order valence-electron chi connectivity index (χ2n) is 4.83. The van der Waals surface area contributed by atoms with Gasteiger partial charge in [-0.15, -0.1) is 0 Å². The van der Waals surface area contributed by atoms with Crippen molar-refractivity contribution in [2.45, 2.75) is 24.8 Å². The summed E-state index contributed by atoms with van der Waals surface area (Å²) in [7, 11) is -5.94. The van der Waals surface area contributed by atoms with Gasteiger partial charge in [0.2, 0.25) is 0 Å². The average Bonchev–Trinajstić information content (AvgIpc) is 2.89. The van der Waals surface area contributed by atoms with Crippen molar-refractivity contribution in [1.29, 1.82) is 0 Å². The number of alkyl halides is 3. The Hall–Kier alpha value is -1.64. The topological polar surface area (TPSA) is 43.4 Å². The zero-order chi connectivity index (χ0) is 16.5. The number of hydrogen-bond acceptors (Lipinski definition) is 3. The summed E-state index contributed by atoms with van der Waals surface area (Å²) in [5.41, 5.74) is -6.16. The maximum Gasteiger partial charge on any atom is 0.534 e. The first-order chi connectivity index (χ1) is 10.1. The smallest absolute Gasteiger partial charge is 0.376 e. The molecule has 1 aromatic carbocycles. The molecule has 3 nitrogen and oxygen atoms in total. The van der Waals surface area contributed by atoms with Crippen LogP contribution in [0.4, 0.5) is 22.0 Å². The van der Waals surface area contributed by atoms with E-state index in [1.807, 2.05) is 0 Å². The molecule has 0 bridgehead atoms. The number of hydrogen-bond donors (Lipinski definition) is 0. The highest BCUT2D eigenvalue weighted by Gasteiger charge is 2.49. The molecule has 0 fully saturated rings. The highest BCUT2D eigenvalue weighted by atomic mass is 32.2. The molecule has 122 valence electrons. The fourth-order valence-corrected chi connectivity index (χ4v) is 2.62. The van der Waals surface area contributed by atoms with Crippen molar-refractivity contribution in [3.05, 3.63) is 41.5 Å². The third kappa shape index (κ3) is 3.40. The van der Waals surface area contributed by atoms with Gasteiger partial charge < -0.3 is 4.18 Å². The van der Waals surface area contributed by atoms with Crippen LogP contribution in [0.5, 0.6) is 5.75 Å². The van der Waals surface area contributed by atoms with E-state index in [1.165, 1.54) is 0 Å². The molecule has 0 saturated carbocycles. The molecule has 1 aliphatic carbocycles. The van der Waals surface area contributed by atoms with Crippen LogP contribution in [-0.2, 0) is 16.5 Å². The average molecular weight is 342 g/mol. The minimum absolute atomic E-state index is 0.126. The Balaban J connectivity index is 2.37. The van der Waals surface area contributed by atoms with E-state index in [2.05, 4.69) is 4.18 Å². The Bertz CT molecular complexity index is 686. The largest absolute Gasteiger partial charge is 0.534 e. The van der Waals surface area contributed by atoms with Crippen molar-refractivity contribution in [3.63, 3.8) is 0 Å². The molecule has 0 radical (unpaired) electrons. The molecule has 0 spiro atoms. The third-order valence-electron chi connectivity index (χ3n) is 3.23. The van der Waals surface area contributed by atoms with Crippen LogP contribution in [0.1, 0.15) is 18.4 Å². The summed E-state index contributed by atoms with van der Waals surface area (Å²) >= 11 is 0. The molecule has 0 aliphatic heterocycles. The number of halogens is 5. The summed E-state index contributed by atoms with van der Waals surface area (Å²) in [6.07, 6.45) is 4.56. The second kappa shape index (κ2) is 5.86. The van der Waals surface area contributed by atoms with E-state index in [9.17, 15) is 30.4 Å². The van der Waals surface area contributed by atoms with Gasteiger partial charge in [0.1, 0.15) is 5.75 Å².